The van der Waals surface area contributed by atoms with Gasteiger partial charge < -0.3 is 9.32 Å². The van der Waals surface area contributed by atoms with Gasteiger partial charge in [-0.05, 0) is 56.7 Å². The molecule has 140 valence electrons. The largest absolute Gasteiger partial charge is 0.464 e. The van der Waals surface area contributed by atoms with Crippen LogP contribution in [0.25, 0.3) is 10.2 Å². The molecule has 5 nitrogen and oxygen atoms in total. The number of aryl methyl sites for hydroxylation is 3. The van der Waals surface area contributed by atoms with Crippen molar-refractivity contribution in [2.45, 2.75) is 56.6 Å². The summed E-state index contributed by atoms with van der Waals surface area (Å²) in [5, 5.41) is 2.14. The molecule has 0 N–H and O–H groups in total. The highest BCUT2D eigenvalue weighted by molar-refractivity contribution is 8.00. The zero-order chi connectivity index (χ0) is 18.4. The minimum Gasteiger partial charge on any atom is -0.464 e. The standard InChI is InChI=1S/C20H21N3O2S2/c1-12-5-8-14(25-12)9-23(13-6-7-13)17(24)10-26-19-18-15-3-2-4-16(15)27-20(18)22-11-21-19/h5,8,11,13H,2-4,6-7,9-10H2,1H3. The number of thiophene rings is 1. The van der Waals surface area contributed by atoms with E-state index in [1.165, 1.54) is 22.2 Å². The molecule has 0 aliphatic heterocycles. The molecule has 2 aliphatic carbocycles. The van der Waals surface area contributed by atoms with Gasteiger partial charge in [0, 0.05) is 16.3 Å². The van der Waals surface area contributed by atoms with Crippen LogP contribution in [0, 0.1) is 6.92 Å². The predicted molar refractivity (Wildman–Crippen MR) is 107 cm³/mol. The minimum absolute atomic E-state index is 0.162. The van der Waals surface area contributed by atoms with Crippen molar-refractivity contribution in [2.75, 3.05) is 5.75 Å². The molecule has 3 heterocycles. The molecule has 7 heteroatoms. The normalized spacial score (nSPS) is 16.0. The highest BCUT2D eigenvalue weighted by atomic mass is 32.2. The number of amides is 1. The number of furan rings is 1. The molecule has 3 aromatic rings. The third-order valence-electron chi connectivity index (χ3n) is 5.23. The van der Waals surface area contributed by atoms with Crippen LogP contribution < -0.4 is 0 Å². The number of rotatable bonds is 6. The van der Waals surface area contributed by atoms with Gasteiger partial charge in [-0.15, -0.1) is 11.3 Å². The lowest BCUT2D eigenvalue weighted by atomic mass is 10.2. The second kappa shape index (κ2) is 6.95. The summed E-state index contributed by atoms with van der Waals surface area (Å²) in [5.74, 6) is 2.32. The number of carbonyl (C=O) groups is 1. The SMILES string of the molecule is Cc1ccc(CN(C(=O)CSc2ncnc3sc4c(c23)CCC4)C2CC2)o1. The Bertz CT molecular complexity index is 1010. The van der Waals surface area contributed by atoms with Gasteiger partial charge in [-0.3, -0.25) is 4.79 Å². The Balaban J connectivity index is 1.33. The molecule has 0 atom stereocenters. The molecule has 27 heavy (non-hydrogen) atoms. The number of fused-ring (bicyclic) bond motifs is 3. The summed E-state index contributed by atoms with van der Waals surface area (Å²) in [4.78, 5) is 26.4. The maximum Gasteiger partial charge on any atom is 0.233 e. The molecule has 3 aromatic heterocycles. The molecule has 5 rings (SSSR count). The van der Waals surface area contributed by atoms with Crippen molar-refractivity contribution in [1.29, 1.82) is 0 Å². The van der Waals surface area contributed by atoms with Gasteiger partial charge in [0.1, 0.15) is 27.7 Å². The van der Waals surface area contributed by atoms with Crippen LogP contribution in [0.5, 0.6) is 0 Å². The molecule has 2 aliphatic rings. The number of thioether (sulfide) groups is 1. The maximum absolute atomic E-state index is 12.9. The van der Waals surface area contributed by atoms with E-state index < -0.39 is 0 Å². The smallest absolute Gasteiger partial charge is 0.233 e. The monoisotopic (exact) mass is 399 g/mol. The second-order valence-electron chi connectivity index (χ2n) is 7.27. The van der Waals surface area contributed by atoms with Crippen molar-refractivity contribution in [2.24, 2.45) is 0 Å². The first-order valence-electron chi connectivity index (χ1n) is 9.42. The minimum atomic E-state index is 0.162. The Morgan fingerprint density at radius 3 is 3.00 bits per heavy atom. The van der Waals surface area contributed by atoms with E-state index in [4.69, 9.17) is 4.42 Å². The molecule has 0 aromatic carbocycles. The number of hydrogen-bond acceptors (Lipinski definition) is 6. The zero-order valence-electron chi connectivity index (χ0n) is 15.2. The van der Waals surface area contributed by atoms with Gasteiger partial charge >= 0.3 is 0 Å². The fourth-order valence-electron chi connectivity index (χ4n) is 3.77. The van der Waals surface area contributed by atoms with Crippen molar-refractivity contribution in [3.8, 4) is 0 Å². The molecule has 0 bridgehead atoms. The molecular formula is C20H21N3O2S2. The van der Waals surface area contributed by atoms with E-state index in [2.05, 4.69) is 9.97 Å². The van der Waals surface area contributed by atoms with E-state index in [0.29, 0.717) is 18.3 Å². The van der Waals surface area contributed by atoms with Gasteiger partial charge in [0.05, 0.1) is 12.3 Å². The van der Waals surface area contributed by atoms with E-state index in [1.54, 1.807) is 29.4 Å². The Morgan fingerprint density at radius 2 is 2.22 bits per heavy atom. The first kappa shape index (κ1) is 17.3. The predicted octanol–water partition coefficient (Wildman–Crippen LogP) is 4.36. The average Bonchev–Trinajstić information content (AvgIpc) is 3.07. The number of carbonyl (C=O) groups excluding carboxylic acids is 1. The Kier molecular flexibility index (Phi) is 4.44. The number of nitrogens with zero attached hydrogens (tertiary/aromatic N) is 3. The van der Waals surface area contributed by atoms with Crippen LogP contribution in [-0.2, 0) is 24.2 Å². The Hall–Kier alpha value is -1.86. The third-order valence-corrected chi connectivity index (χ3v) is 7.40. The van der Waals surface area contributed by atoms with Crippen LogP contribution in [0.4, 0.5) is 0 Å². The first-order valence-corrected chi connectivity index (χ1v) is 11.2. The van der Waals surface area contributed by atoms with Crippen LogP contribution in [-0.4, -0.2) is 32.6 Å². The van der Waals surface area contributed by atoms with Crippen molar-refractivity contribution in [1.82, 2.24) is 14.9 Å². The van der Waals surface area contributed by atoms with Crippen LogP contribution >= 0.6 is 23.1 Å². The summed E-state index contributed by atoms with van der Waals surface area (Å²) in [6, 6.07) is 4.28. The summed E-state index contributed by atoms with van der Waals surface area (Å²) in [5.41, 5.74) is 1.41. The van der Waals surface area contributed by atoms with Crippen molar-refractivity contribution < 1.29 is 9.21 Å². The molecule has 1 amide bonds. The van der Waals surface area contributed by atoms with Gasteiger partial charge in [-0.2, -0.15) is 0 Å². The van der Waals surface area contributed by atoms with E-state index in [-0.39, 0.29) is 5.91 Å². The average molecular weight is 400 g/mol. The number of hydrogen-bond donors (Lipinski definition) is 0. The first-order chi connectivity index (χ1) is 13.2. The lowest BCUT2D eigenvalue weighted by molar-refractivity contribution is -0.129. The van der Waals surface area contributed by atoms with Gasteiger partial charge in [0.2, 0.25) is 5.91 Å². The van der Waals surface area contributed by atoms with E-state index in [0.717, 1.165) is 47.1 Å². The fraction of sp³-hybridized carbons (Fsp3) is 0.450. The summed E-state index contributed by atoms with van der Waals surface area (Å²) in [7, 11) is 0. The summed E-state index contributed by atoms with van der Waals surface area (Å²) in [6.45, 7) is 2.49. The van der Waals surface area contributed by atoms with Gasteiger partial charge in [0.25, 0.3) is 0 Å². The van der Waals surface area contributed by atoms with Crippen LogP contribution in [0.15, 0.2) is 27.9 Å². The fourth-order valence-corrected chi connectivity index (χ4v) is 5.97. The summed E-state index contributed by atoms with van der Waals surface area (Å²) in [6.07, 6.45) is 7.28. The summed E-state index contributed by atoms with van der Waals surface area (Å²) < 4.78 is 5.68. The molecule has 1 saturated carbocycles. The lowest BCUT2D eigenvalue weighted by Crippen LogP contribution is -2.33. The van der Waals surface area contributed by atoms with Gasteiger partial charge in [0.15, 0.2) is 0 Å². The van der Waals surface area contributed by atoms with Gasteiger partial charge in [-0.25, -0.2) is 9.97 Å². The van der Waals surface area contributed by atoms with Crippen LogP contribution in [0.2, 0.25) is 0 Å². The topological polar surface area (TPSA) is 59.2 Å². The van der Waals surface area contributed by atoms with Crippen LogP contribution in [0.3, 0.4) is 0 Å². The molecule has 0 radical (unpaired) electrons. The van der Waals surface area contributed by atoms with E-state index in [9.17, 15) is 4.79 Å². The highest BCUT2D eigenvalue weighted by Gasteiger charge is 2.33. The third kappa shape index (κ3) is 3.38. The Morgan fingerprint density at radius 1 is 1.33 bits per heavy atom. The lowest BCUT2D eigenvalue weighted by Gasteiger charge is -2.21. The summed E-state index contributed by atoms with van der Waals surface area (Å²) >= 11 is 3.34. The number of aromatic nitrogens is 2. The van der Waals surface area contributed by atoms with E-state index in [1.807, 2.05) is 24.0 Å². The zero-order valence-corrected chi connectivity index (χ0v) is 16.9. The molecule has 0 spiro atoms. The Labute approximate surface area is 166 Å². The quantitative estimate of drug-likeness (QED) is 0.455. The van der Waals surface area contributed by atoms with Crippen molar-refractivity contribution >= 4 is 39.2 Å². The van der Waals surface area contributed by atoms with Crippen molar-refractivity contribution in [3.63, 3.8) is 0 Å². The van der Waals surface area contributed by atoms with Gasteiger partial charge in [-0.1, -0.05) is 11.8 Å². The molecule has 0 saturated heterocycles. The highest BCUT2D eigenvalue weighted by Crippen LogP contribution is 2.40. The van der Waals surface area contributed by atoms with Crippen molar-refractivity contribution in [3.05, 3.63) is 40.4 Å². The van der Waals surface area contributed by atoms with Crippen LogP contribution in [0.1, 0.15) is 41.2 Å². The maximum atomic E-state index is 12.9. The molecule has 1 fully saturated rings. The van der Waals surface area contributed by atoms with E-state index >= 15 is 0 Å². The second-order valence-corrected chi connectivity index (χ2v) is 9.32. The molecular weight excluding hydrogens is 378 g/mol. The molecule has 0 unspecified atom stereocenters.